The van der Waals surface area contributed by atoms with E-state index in [0.29, 0.717) is 6.67 Å². The fraction of sp³-hybridized carbons (Fsp3) is 0.176. The van der Waals surface area contributed by atoms with Gasteiger partial charge in [0.05, 0.1) is 19.3 Å². The molecular formula is C17H18N2O. The Labute approximate surface area is 119 Å². The summed E-state index contributed by atoms with van der Waals surface area (Å²) < 4.78 is 0. The van der Waals surface area contributed by atoms with Crippen molar-refractivity contribution in [2.24, 2.45) is 0 Å². The number of para-hydroxylation sites is 1. The maximum Gasteiger partial charge on any atom is 0.0878 e. The molecule has 1 atom stereocenters. The summed E-state index contributed by atoms with van der Waals surface area (Å²) in [7, 11) is 0. The SMILES string of the molecule is OCC(c1ccccc1)N1C=Cc2ccccc2NC1. The Balaban J connectivity index is 1.85. The topological polar surface area (TPSA) is 35.5 Å². The van der Waals surface area contributed by atoms with Crippen molar-refractivity contribution >= 4 is 11.8 Å². The summed E-state index contributed by atoms with van der Waals surface area (Å²) in [4.78, 5) is 2.12. The van der Waals surface area contributed by atoms with Crippen molar-refractivity contribution in [3.8, 4) is 0 Å². The molecule has 0 amide bonds. The van der Waals surface area contributed by atoms with E-state index in [9.17, 15) is 5.11 Å². The molecule has 3 nitrogen and oxygen atoms in total. The first-order chi connectivity index (χ1) is 9.88. The van der Waals surface area contributed by atoms with E-state index in [2.05, 4.69) is 28.4 Å². The van der Waals surface area contributed by atoms with Gasteiger partial charge in [0.25, 0.3) is 0 Å². The summed E-state index contributed by atoms with van der Waals surface area (Å²) in [5.74, 6) is 0. The van der Waals surface area contributed by atoms with Crippen molar-refractivity contribution in [3.63, 3.8) is 0 Å². The average Bonchev–Trinajstić information content (AvgIpc) is 2.72. The third-order valence-corrected chi connectivity index (χ3v) is 3.62. The Morgan fingerprint density at radius 2 is 1.80 bits per heavy atom. The molecule has 2 N–H and O–H groups in total. The van der Waals surface area contributed by atoms with Gasteiger partial charge in [0.2, 0.25) is 0 Å². The zero-order chi connectivity index (χ0) is 13.8. The molecule has 2 aromatic rings. The van der Waals surface area contributed by atoms with Gasteiger partial charge in [0.15, 0.2) is 0 Å². The maximum atomic E-state index is 9.74. The molecule has 0 spiro atoms. The quantitative estimate of drug-likeness (QED) is 0.896. The van der Waals surface area contributed by atoms with Crippen LogP contribution in [0.15, 0.2) is 60.8 Å². The number of anilines is 1. The molecule has 0 radical (unpaired) electrons. The Bertz CT molecular complexity index is 595. The van der Waals surface area contributed by atoms with E-state index < -0.39 is 0 Å². The average molecular weight is 266 g/mol. The van der Waals surface area contributed by atoms with Gasteiger partial charge >= 0.3 is 0 Å². The molecule has 0 saturated heterocycles. The first kappa shape index (κ1) is 12.8. The van der Waals surface area contributed by atoms with Gasteiger partial charge in [-0.3, -0.25) is 0 Å². The minimum Gasteiger partial charge on any atom is -0.394 e. The fourth-order valence-corrected chi connectivity index (χ4v) is 2.50. The lowest BCUT2D eigenvalue weighted by molar-refractivity contribution is 0.172. The Kier molecular flexibility index (Phi) is 3.70. The van der Waals surface area contributed by atoms with Crippen molar-refractivity contribution in [2.45, 2.75) is 6.04 Å². The highest BCUT2D eigenvalue weighted by Crippen LogP contribution is 2.25. The number of nitrogens with one attached hydrogen (secondary N) is 1. The molecule has 0 aromatic heterocycles. The highest BCUT2D eigenvalue weighted by molar-refractivity contribution is 5.67. The third kappa shape index (κ3) is 2.53. The van der Waals surface area contributed by atoms with Crippen molar-refractivity contribution < 1.29 is 5.11 Å². The first-order valence-corrected chi connectivity index (χ1v) is 6.81. The predicted octanol–water partition coefficient (Wildman–Crippen LogP) is 3.08. The summed E-state index contributed by atoms with van der Waals surface area (Å²) >= 11 is 0. The lowest BCUT2D eigenvalue weighted by atomic mass is 10.1. The molecule has 0 aliphatic carbocycles. The van der Waals surface area contributed by atoms with E-state index >= 15 is 0 Å². The van der Waals surface area contributed by atoms with Crippen molar-refractivity contribution in [3.05, 3.63) is 71.9 Å². The summed E-state index contributed by atoms with van der Waals surface area (Å²) in [6.45, 7) is 0.764. The van der Waals surface area contributed by atoms with E-state index in [4.69, 9.17) is 0 Å². The van der Waals surface area contributed by atoms with E-state index in [1.807, 2.05) is 48.7 Å². The highest BCUT2D eigenvalue weighted by atomic mass is 16.3. The maximum absolute atomic E-state index is 9.74. The molecule has 20 heavy (non-hydrogen) atoms. The van der Waals surface area contributed by atoms with E-state index in [1.54, 1.807) is 0 Å². The van der Waals surface area contributed by atoms with Crippen molar-refractivity contribution in [1.82, 2.24) is 4.90 Å². The number of fused-ring (bicyclic) bond motifs is 1. The largest absolute Gasteiger partial charge is 0.394 e. The zero-order valence-corrected chi connectivity index (χ0v) is 11.2. The van der Waals surface area contributed by atoms with Crippen LogP contribution in [0.2, 0.25) is 0 Å². The number of hydrogen-bond donors (Lipinski definition) is 2. The summed E-state index contributed by atoms with van der Waals surface area (Å²) in [6.07, 6.45) is 4.13. The van der Waals surface area contributed by atoms with Gasteiger partial charge in [-0.25, -0.2) is 0 Å². The third-order valence-electron chi connectivity index (χ3n) is 3.62. The van der Waals surface area contributed by atoms with Crippen LogP contribution in [-0.4, -0.2) is 23.3 Å². The second kappa shape index (κ2) is 5.80. The minimum atomic E-state index is -0.0331. The molecule has 0 bridgehead atoms. The lowest BCUT2D eigenvalue weighted by Crippen LogP contribution is -2.30. The zero-order valence-electron chi connectivity index (χ0n) is 11.2. The van der Waals surface area contributed by atoms with Crippen LogP contribution in [0, 0.1) is 0 Å². The number of aliphatic hydroxyl groups is 1. The first-order valence-electron chi connectivity index (χ1n) is 6.81. The Morgan fingerprint density at radius 1 is 1.05 bits per heavy atom. The number of rotatable bonds is 3. The van der Waals surface area contributed by atoms with Crippen molar-refractivity contribution in [1.29, 1.82) is 0 Å². The highest BCUT2D eigenvalue weighted by Gasteiger charge is 2.18. The van der Waals surface area contributed by atoms with Gasteiger partial charge in [-0.15, -0.1) is 0 Å². The smallest absolute Gasteiger partial charge is 0.0878 e. The van der Waals surface area contributed by atoms with Crippen LogP contribution < -0.4 is 5.32 Å². The number of nitrogens with zero attached hydrogens (tertiary/aromatic N) is 1. The van der Waals surface area contributed by atoms with Gasteiger partial charge < -0.3 is 15.3 Å². The Morgan fingerprint density at radius 3 is 2.60 bits per heavy atom. The molecule has 3 heteroatoms. The van der Waals surface area contributed by atoms with Gasteiger partial charge in [0, 0.05) is 11.9 Å². The number of aliphatic hydroxyl groups excluding tert-OH is 1. The molecule has 102 valence electrons. The van der Waals surface area contributed by atoms with Crippen LogP contribution >= 0.6 is 0 Å². The van der Waals surface area contributed by atoms with Gasteiger partial charge in [-0.1, -0.05) is 48.5 Å². The van der Waals surface area contributed by atoms with Gasteiger partial charge in [0.1, 0.15) is 0 Å². The van der Waals surface area contributed by atoms with E-state index in [0.717, 1.165) is 11.3 Å². The van der Waals surface area contributed by atoms with Gasteiger partial charge in [-0.2, -0.15) is 0 Å². The van der Waals surface area contributed by atoms with E-state index in [-0.39, 0.29) is 12.6 Å². The van der Waals surface area contributed by atoms with E-state index in [1.165, 1.54) is 5.56 Å². The normalized spacial score (nSPS) is 15.2. The monoisotopic (exact) mass is 266 g/mol. The second-order valence-corrected chi connectivity index (χ2v) is 4.86. The van der Waals surface area contributed by atoms with Crippen LogP contribution in [0.3, 0.4) is 0 Å². The minimum absolute atomic E-state index is 0.0331. The molecule has 0 fully saturated rings. The standard InChI is InChI=1S/C17H18N2O/c20-12-17(15-7-2-1-3-8-15)19-11-10-14-6-4-5-9-16(14)18-13-19/h1-11,17-18,20H,12-13H2. The van der Waals surface area contributed by atoms with Crippen LogP contribution in [-0.2, 0) is 0 Å². The van der Waals surface area contributed by atoms with Crippen LogP contribution in [0.5, 0.6) is 0 Å². The van der Waals surface area contributed by atoms with Crippen molar-refractivity contribution in [2.75, 3.05) is 18.6 Å². The molecule has 3 rings (SSSR count). The Hall–Kier alpha value is -2.26. The van der Waals surface area contributed by atoms with Crippen LogP contribution in [0.1, 0.15) is 17.2 Å². The molecule has 1 unspecified atom stereocenters. The number of hydrogen-bond acceptors (Lipinski definition) is 3. The molecular weight excluding hydrogens is 248 g/mol. The van der Waals surface area contributed by atoms with Crippen LogP contribution in [0.25, 0.3) is 6.08 Å². The molecule has 1 aliphatic heterocycles. The fourth-order valence-electron chi connectivity index (χ4n) is 2.50. The summed E-state index contributed by atoms with van der Waals surface area (Å²) in [6, 6.07) is 18.3. The second-order valence-electron chi connectivity index (χ2n) is 4.86. The number of benzene rings is 2. The lowest BCUT2D eigenvalue weighted by Gasteiger charge is -2.29. The van der Waals surface area contributed by atoms with Gasteiger partial charge in [-0.05, 0) is 23.3 Å². The molecule has 1 aliphatic rings. The summed E-state index contributed by atoms with van der Waals surface area (Å²) in [5.41, 5.74) is 3.41. The molecule has 0 saturated carbocycles. The molecule has 2 aromatic carbocycles. The molecule has 1 heterocycles. The predicted molar refractivity (Wildman–Crippen MR) is 82.1 cm³/mol. The van der Waals surface area contributed by atoms with Crippen LogP contribution in [0.4, 0.5) is 5.69 Å². The summed E-state index contributed by atoms with van der Waals surface area (Å²) in [5, 5.41) is 13.1.